The molecule has 2 aromatic rings. The van der Waals surface area contributed by atoms with Crippen LogP contribution in [0.3, 0.4) is 0 Å². The number of benzene rings is 2. The minimum absolute atomic E-state index is 0.200. The highest BCUT2D eigenvalue weighted by atomic mass is 79.9. The summed E-state index contributed by atoms with van der Waals surface area (Å²) in [6, 6.07) is 11.3. The average Bonchev–Trinajstić information content (AvgIpc) is 2.61. The van der Waals surface area contributed by atoms with Crippen molar-refractivity contribution in [2.24, 2.45) is 9.98 Å². The lowest BCUT2D eigenvalue weighted by Gasteiger charge is -2.02. The molecule has 0 saturated carbocycles. The predicted molar refractivity (Wildman–Crippen MR) is 103 cm³/mol. The minimum atomic E-state index is -2.74. The van der Waals surface area contributed by atoms with Crippen LogP contribution in [-0.2, 0) is 0 Å². The normalized spacial score (nSPS) is 11.5. The number of hydrogen-bond donors (Lipinski definition) is 0. The summed E-state index contributed by atoms with van der Waals surface area (Å²) in [6.45, 7) is 1.13. The van der Waals surface area contributed by atoms with E-state index in [9.17, 15) is 13.2 Å². The molecule has 0 saturated heterocycles. The van der Waals surface area contributed by atoms with Gasteiger partial charge in [0.2, 0.25) is 0 Å². The molecule has 0 radical (unpaired) electrons. The first-order chi connectivity index (χ1) is 12.4. The summed E-state index contributed by atoms with van der Waals surface area (Å²) in [7, 11) is 1.64. The Bertz CT molecular complexity index is 747. The van der Waals surface area contributed by atoms with Gasteiger partial charge < -0.3 is 4.74 Å². The third kappa shape index (κ3) is 7.82. The lowest BCUT2D eigenvalue weighted by atomic mass is 10.2. The highest BCUT2D eigenvalue weighted by Crippen LogP contribution is 2.17. The van der Waals surface area contributed by atoms with E-state index in [1.165, 1.54) is 18.2 Å². The summed E-state index contributed by atoms with van der Waals surface area (Å²) >= 11 is 3.10. The highest BCUT2D eigenvalue weighted by Gasteiger charge is 2.04. The van der Waals surface area contributed by atoms with Crippen LogP contribution in [0, 0.1) is 12.7 Å². The largest absolute Gasteiger partial charge is 0.435 e. The Balaban J connectivity index is 0.000000273. The quantitative estimate of drug-likeness (QED) is 0.431. The Hall–Kier alpha value is -2.15. The first-order valence-electron chi connectivity index (χ1n) is 7.83. The molecule has 0 aromatic heterocycles. The number of aryl methyl sites for hydroxylation is 1. The van der Waals surface area contributed by atoms with Crippen LogP contribution in [0.1, 0.15) is 24.5 Å². The molecule has 0 unspecified atom stereocenters. The SMILES string of the molecule is CCC=NC(=NC)c1ccc(Br)c(F)c1.Cc1ccc(OC(F)F)cc1. The van der Waals surface area contributed by atoms with E-state index >= 15 is 0 Å². The van der Waals surface area contributed by atoms with Gasteiger partial charge in [-0.1, -0.05) is 24.6 Å². The second-order valence-electron chi connectivity index (χ2n) is 5.09. The molecule has 0 spiro atoms. The van der Waals surface area contributed by atoms with Crippen LogP contribution in [0.5, 0.6) is 5.75 Å². The van der Waals surface area contributed by atoms with Crippen LogP contribution in [-0.4, -0.2) is 25.7 Å². The summed E-state index contributed by atoms with van der Waals surface area (Å²) < 4.78 is 41.0. The fourth-order valence-corrected chi connectivity index (χ4v) is 2.04. The number of ether oxygens (including phenoxy) is 1. The van der Waals surface area contributed by atoms with E-state index in [4.69, 9.17) is 0 Å². The second kappa shape index (κ2) is 11.5. The van der Waals surface area contributed by atoms with Gasteiger partial charge in [0, 0.05) is 18.8 Å². The average molecular weight is 429 g/mol. The standard InChI is InChI=1S/C11H12BrFN2.C8H8F2O/c1-3-6-15-11(14-2)8-4-5-9(12)10(13)7-8;1-6-2-4-7(5-3-6)11-8(9)10/h4-7H,3H2,1-2H3;2-5,8H,1H3. The zero-order valence-corrected chi connectivity index (χ0v) is 16.3. The van der Waals surface area contributed by atoms with E-state index in [2.05, 4.69) is 30.7 Å². The van der Waals surface area contributed by atoms with Gasteiger partial charge in [0.05, 0.1) is 4.47 Å². The maximum atomic E-state index is 13.2. The predicted octanol–water partition coefficient (Wildman–Crippen LogP) is 6.04. The fraction of sp³-hybridized carbons (Fsp3) is 0.263. The highest BCUT2D eigenvalue weighted by molar-refractivity contribution is 9.10. The Morgan fingerprint density at radius 2 is 1.85 bits per heavy atom. The summed E-state index contributed by atoms with van der Waals surface area (Å²) in [5, 5.41) is 0. The smallest absolute Gasteiger partial charge is 0.387 e. The first kappa shape index (κ1) is 21.9. The van der Waals surface area contributed by atoms with Crippen molar-refractivity contribution >= 4 is 28.0 Å². The van der Waals surface area contributed by atoms with Gasteiger partial charge in [-0.3, -0.25) is 4.99 Å². The third-order valence-corrected chi connectivity index (χ3v) is 3.68. The van der Waals surface area contributed by atoms with Crippen LogP contribution in [0.25, 0.3) is 0 Å². The molecule has 0 atom stereocenters. The molecule has 26 heavy (non-hydrogen) atoms. The van der Waals surface area contributed by atoms with Crippen LogP contribution >= 0.6 is 15.9 Å². The number of alkyl halides is 2. The maximum absolute atomic E-state index is 13.2. The van der Waals surface area contributed by atoms with Crippen molar-refractivity contribution in [2.75, 3.05) is 7.05 Å². The molecule has 2 rings (SSSR count). The summed E-state index contributed by atoms with van der Waals surface area (Å²) in [6.07, 6.45) is 2.58. The van der Waals surface area contributed by atoms with E-state index < -0.39 is 6.61 Å². The molecule has 0 aliphatic rings. The number of nitrogens with zero attached hydrogens (tertiary/aromatic N) is 2. The van der Waals surface area contributed by atoms with Crippen LogP contribution in [0.2, 0.25) is 0 Å². The van der Waals surface area contributed by atoms with E-state index in [-0.39, 0.29) is 11.6 Å². The van der Waals surface area contributed by atoms with Gasteiger partial charge in [-0.2, -0.15) is 8.78 Å². The van der Waals surface area contributed by atoms with Crippen LogP contribution < -0.4 is 4.74 Å². The summed E-state index contributed by atoms with van der Waals surface area (Å²) in [4.78, 5) is 8.15. The van der Waals surface area contributed by atoms with Gasteiger partial charge in [0.1, 0.15) is 11.6 Å². The zero-order valence-electron chi connectivity index (χ0n) is 14.7. The third-order valence-electron chi connectivity index (χ3n) is 3.03. The molecule has 2 aromatic carbocycles. The number of hydrogen-bond acceptors (Lipinski definition) is 2. The molecule has 0 amide bonds. The Kier molecular flexibility index (Phi) is 9.65. The van der Waals surface area contributed by atoms with E-state index in [0.717, 1.165) is 12.0 Å². The monoisotopic (exact) mass is 428 g/mol. The number of rotatable bonds is 4. The molecule has 7 heteroatoms. The molecule has 140 valence electrons. The molecule has 3 nitrogen and oxygen atoms in total. The van der Waals surface area contributed by atoms with Gasteiger partial charge in [0.25, 0.3) is 0 Å². The van der Waals surface area contributed by atoms with Gasteiger partial charge >= 0.3 is 6.61 Å². The van der Waals surface area contributed by atoms with Gasteiger partial charge in [0.15, 0.2) is 5.84 Å². The second-order valence-corrected chi connectivity index (χ2v) is 5.94. The molecule has 0 heterocycles. The molecule has 0 aliphatic heterocycles. The van der Waals surface area contributed by atoms with Gasteiger partial charge in [-0.05, 0) is 59.6 Å². The van der Waals surface area contributed by atoms with Crippen molar-refractivity contribution in [3.8, 4) is 5.75 Å². The van der Waals surface area contributed by atoms with Crippen molar-refractivity contribution in [1.82, 2.24) is 0 Å². The molecule has 0 fully saturated rings. The van der Waals surface area contributed by atoms with Gasteiger partial charge in [-0.15, -0.1) is 0 Å². The fourth-order valence-electron chi connectivity index (χ4n) is 1.79. The maximum Gasteiger partial charge on any atom is 0.387 e. The van der Waals surface area contributed by atoms with Crippen molar-refractivity contribution in [3.05, 3.63) is 63.9 Å². The molecule has 0 bridgehead atoms. The summed E-state index contributed by atoms with van der Waals surface area (Å²) in [5.74, 6) is 0.439. The van der Waals surface area contributed by atoms with Crippen molar-refractivity contribution in [1.29, 1.82) is 0 Å². The lowest BCUT2D eigenvalue weighted by molar-refractivity contribution is -0.0498. The van der Waals surface area contributed by atoms with Crippen LogP contribution in [0.15, 0.2) is 56.9 Å². The van der Waals surface area contributed by atoms with E-state index in [0.29, 0.717) is 15.9 Å². The Morgan fingerprint density at radius 3 is 2.35 bits per heavy atom. The number of halogens is 4. The Morgan fingerprint density at radius 1 is 1.19 bits per heavy atom. The Labute approximate surface area is 159 Å². The molecular formula is C19H20BrF3N2O. The van der Waals surface area contributed by atoms with Crippen LogP contribution in [0.4, 0.5) is 13.2 Å². The topological polar surface area (TPSA) is 34.0 Å². The zero-order chi connectivity index (χ0) is 19.5. The van der Waals surface area contributed by atoms with E-state index in [1.54, 1.807) is 37.5 Å². The molecule has 0 N–H and O–H groups in total. The van der Waals surface area contributed by atoms with Crippen molar-refractivity contribution < 1.29 is 17.9 Å². The minimum Gasteiger partial charge on any atom is -0.435 e. The van der Waals surface area contributed by atoms with Crippen molar-refractivity contribution in [2.45, 2.75) is 26.9 Å². The summed E-state index contributed by atoms with van der Waals surface area (Å²) in [5.41, 5.74) is 1.70. The number of aliphatic imine (C=N–C) groups is 2. The molecular weight excluding hydrogens is 409 g/mol. The first-order valence-corrected chi connectivity index (χ1v) is 8.62. The number of amidine groups is 1. The van der Waals surface area contributed by atoms with Crippen molar-refractivity contribution in [3.63, 3.8) is 0 Å². The van der Waals surface area contributed by atoms with E-state index in [1.807, 2.05) is 13.8 Å². The van der Waals surface area contributed by atoms with Gasteiger partial charge in [-0.25, -0.2) is 9.38 Å². The molecule has 0 aliphatic carbocycles. The lowest BCUT2D eigenvalue weighted by Crippen LogP contribution is -2.01.